The van der Waals surface area contributed by atoms with E-state index >= 15 is 0 Å². The molecule has 9 heteroatoms. The maximum atomic E-state index is 12.9. The van der Waals surface area contributed by atoms with Gasteiger partial charge in [-0.2, -0.15) is 0 Å². The zero-order valence-electron chi connectivity index (χ0n) is 16.2. The van der Waals surface area contributed by atoms with Gasteiger partial charge < -0.3 is 20.3 Å². The third-order valence-electron chi connectivity index (χ3n) is 5.17. The van der Waals surface area contributed by atoms with Crippen LogP contribution in [0.25, 0.3) is 11.0 Å². The molecule has 1 aliphatic heterocycles. The molecule has 0 spiro atoms. The first-order chi connectivity index (χ1) is 13.3. The van der Waals surface area contributed by atoms with Gasteiger partial charge in [-0.15, -0.1) is 0 Å². The van der Waals surface area contributed by atoms with Crippen molar-refractivity contribution < 1.29 is 19.5 Å². The van der Waals surface area contributed by atoms with Crippen molar-refractivity contribution in [3.63, 3.8) is 0 Å². The number of fused-ring (bicyclic) bond motifs is 3. The Labute approximate surface area is 162 Å². The Bertz CT molecular complexity index is 909. The molecule has 0 fully saturated rings. The molecule has 3 atom stereocenters. The maximum absolute atomic E-state index is 12.9. The summed E-state index contributed by atoms with van der Waals surface area (Å²) in [5, 5.41) is 14.2. The number of nitrogens with zero attached hydrogens (tertiary/aromatic N) is 3. The Kier molecular flexibility index (Phi) is 5.53. The molecule has 2 heterocycles. The van der Waals surface area contributed by atoms with Crippen molar-refractivity contribution in [2.75, 3.05) is 11.4 Å². The lowest BCUT2D eigenvalue weighted by Gasteiger charge is -2.26. The van der Waals surface area contributed by atoms with Crippen LogP contribution in [-0.4, -0.2) is 51.2 Å². The molecule has 3 N–H and O–H groups in total. The van der Waals surface area contributed by atoms with Crippen LogP contribution in [0.15, 0.2) is 24.3 Å². The second kappa shape index (κ2) is 7.87. The predicted molar refractivity (Wildman–Crippen MR) is 104 cm³/mol. The lowest BCUT2D eigenvalue weighted by atomic mass is 9.98. The Morgan fingerprint density at radius 3 is 2.57 bits per heavy atom. The standard InChI is InChI=1S/C19H25N5O4/c1-4-11(2)15(16(25)20-12(3)17(26)27)22-19(28)24-10-9-23-14-8-6-5-7-13(14)21-18(23)24/h5-8,11-12,15H,4,9-10H2,1-3H3,(H,20,25)(H,22,28)(H,26,27)/t11-,12+,15+/m1/s1. The molecular weight excluding hydrogens is 362 g/mol. The summed E-state index contributed by atoms with van der Waals surface area (Å²) < 4.78 is 1.97. The summed E-state index contributed by atoms with van der Waals surface area (Å²) in [6, 6.07) is 5.37. The van der Waals surface area contributed by atoms with Gasteiger partial charge in [0.2, 0.25) is 11.9 Å². The Hall–Kier alpha value is -3.10. The zero-order chi connectivity index (χ0) is 20.4. The maximum Gasteiger partial charge on any atom is 0.325 e. The van der Waals surface area contributed by atoms with Crippen LogP contribution in [0.1, 0.15) is 27.2 Å². The van der Waals surface area contributed by atoms with Crippen LogP contribution in [0, 0.1) is 5.92 Å². The molecule has 1 aromatic carbocycles. The summed E-state index contributed by atoms with van der Waals surface area (Å²) >= 11 is 0. The van der Waals surface area contributed by atoms with Crippen molar-refractivity contribution in [3.05, 3.63) is 24.3 Å². The molecule has 0 unspecified atom stereocenters. The summed E-state index contributed by atoms with van der Waals surface area (Å²) in [4.78, 5) is 42.6. The lowest BCUT2D eigenvalue weighted by Crippen LogP contribution is -2.56. The largest absolute Gasteiger partial charge is 0.480 e. The molecule has 0 aliphatic carbocycles. The number of amides is 3. The Morgan fingerprint density at radius 2 is 1.89 bits per heavy atom. The smallest absolute Gasteiger partial charge is 0.325 e. The van der Waals surface area contributed by atoms with E-state index in [2.05, 4.69) is 15.6 Å². The summed E-state index contributed by atoms with van der Waals surface area (Å²) in [5.41, 5.74) is 1.76. The molecular formula is C19H25N5O4. The van der Waals surface area contributed by atoms with Gasteiger partial charge in [0, 0.05) is 13.1 Å². The number of para-hydroxylation sites is 2. The van der Waals surface area contributed by atoms with Gasteiger partial charge in [0.1, 0.15) is 12.1 Å². The predicted octanol–water partition coefficient (Wildman–Crippen LogP) is 1.57. The van der Waals surface area contributed by atoms with Crippen molar-refractivity contribution in [1.82, 2.24) is 20.2 Å². The van der Waals surface area contributed by atoms with Crippen LogP contribution in [0.2, 0.25) is 0 Å². The van der Waals surface area contributed by atoms with Crippen LogP contribution in [0.4, 0.5) is 10.7 Å². The number of hydrogen-bond acceptors (Lipinski definition) is 4. The first kappa shape index (κ1) is 19.7. The highest BCUT2D eigenvalue weighted by Crippen LogP contribution is 2.27. The normalized spacial score (nSPS) is 16.3. The summed E-state index contributed by atoms with van der Waals surface area (Å²) in [7, 11) is 0. The Balaban J connectivity index is 1.78. The number of urea groups is 1. The van der Waals surface area contributed by atoms with Gasteiger partial charge in [0.15, 0.2) is 0 Å². The fourth-order valence-electron chi connectivity index (χ4n) is 3.26. The van der Waals surface area contributed by atoms with Crippen LogP contribution in [0.3, 0.4) is 0 Å². The van der Waals surface area contributed by atoms with Crippen molar-refractivity contribution in [2.24, 2.45) is 5.92 Å². The highest BCUT2D eigenvalue weighted by molar-refractivity contribution is 5.97. The highest BCUT2D eigenvalue weighted by Gasteiger charge is 2.33. The molecule has 2 aromatic rings. The molecule has 0 bridgehead atoms. The Morgan fingerprint density at radius 1 is 1.18 bits per heavy atom. The second-order valence-corrected chi connectivity index (χ2v) is 7.09. The van der Waals surface area contributed by atoms with Gasteiger partial charge in [-0.25, -0.2) is 9.78 Å². The molecule has 1 aromatic heterocycles. The van der Waals surface area contributed by atoms with Crippen LogP contribution in [0.5, 0.6) is 0 Å². The number of hydrogen-bond donors (Lipinski definition) is 3. The van der Waals surface area contributed by atoms with E-state index in [1.54, 1.807) is 0 Å². The molecule has 9 nitrogen and oxygen atoms in total. The number of nitrogens with one attached hydrogen (secondary N) is 2. The van der Waals surface area contributed by atoms with E-state index in [0.717, 1.165) is 11.0 Å². The number of carboxylic acid groups (broad SMARTS) is 1. The molecule has 3 rings (SSSR count). The van der Waals surface area contributed by atoms with E-state index < -0.39 is 30.0 Å². The average Bonchev–Trinajstić information content (AvgIpc) is 3.24. The van der Waals surface area contributed by atoms with Crippen molar-refractivity contribution in [2.45, 2.75) is 45.8 Å². The molecule has 0 saturated heterocycles. The van der Waals surface area contributed by atoms with Crippen LogP contribution >= 0.6 is 0 Å². The minimum absolute atomic E-state index is 0.161. The number of rotatable bonds is 6. The summed E-state index contributed by atoms with van der Waals surface area (Å²) in [5.74, 6) is -1.26. The second-order valence-electron chi connectivity index (χ2n) is 7.09. The topological polar surface area (TPSA) is 117 Å². The van der Waals surface area contributed by atoms with Crippen molar-refractivity contribution >= 4 is 34.9 Å². The fraction of sp³-hybridized carbons (Fsp3) is 0.474. The van der Waals surface area contributed by atoms with Crippen LogP contribution < -0.4 is 15.5 Å². The van der Waals surface area contributed by atoms with Gasteiger partial charge in [-0.1, -0.05) is 32.4 Å². The van der Waals surface area contributed by atoms with Crippen LogP contribution in [-0.2, 0) is 16.1 Å². The number of anilines is 1. The number of carbonyl (C=O) groups is 3. The number of benzene rings is 1. The number of aliphatic carboxylic acids is 1. The first-order valence-corrected chi connectivity index (χ1v) is 9.40. The van der Waals surface area contributed by atoms with Gasteiger partial charge in [0.25, 0.3) is 0 Å². The number of carboxylic acids is 1. The quantitative estimate of drug-likeness (QED) is 0.696. The SMILES string of the molecule is CC[C@@H](C)[C@H](NC(=O)N1CCn2c1nc1ccccc12)C(=O)N[C@@H](C)C(=O)O. The van der Waals surface area contributed by atoms with Crippen molar-refractivity contribution in [1.29, 1.82) is 0 Å². The number of imidazole rings is 1. The van der Waals surface area contributed by atoms with E-state index in [0.29, 0.717) is 25.5 Å². The van der Waals surface area contributed by atoms with E-state index in [1.807, 2.05) is 42.7 Å². The zero-order valence-corrected chi connectivity index (χ0v) is 16.2. The molecule has 150 valence electrons. The average molecular weight is 387 g/mol. The van der Waals surface area contributed by atoms with Gasteiger partial charge in [0.05, 0.1) is 11.0 Å². The lowest BCUT2D eigenvalue weighted by molar-refractivity contribution is -0.141. The molecule has 1 aliphatic rings. The van der Waals surface area contributed by atoms with E-state index in [9.17, 15) is 14.4 Å². The summed E-state index contributed by atoms with van der Waals surface area (Å²) in [6.45, 7) is 6.22. The van der Waals surface area contributed by atoms with Crippen molar-refractivity contribution in [3.8, 4) is 0 Å². The summed E-state index contributed by atoms with van der Waals surface area (Å²) in [6.07, 6.45) is 0.651. The third-order valence-corrected chi connectivity index (χ3v) is 5.17. The number of carbonyl (C=O) groups excluding carboxylic acids is 2. The van der Waals surface area contributed by atoms with Gasteiger partial charge >= 0.3 is 12.0 Å². The highest BCUT2D eigenvalue weighted by atomic mass is 16.4. The fourth-order valence-corrected chi connectivity index (χ4v) is 3.26. The minimum atomic E-state index is -1.13. The molecule has 28 heavy (non-hydrogen) atoms. The van der Waals surface area contributed by atoms with Gasteiger partial charge in [-0.3, -0.25) is 14.5 Å². The van der Waals surface area contributed by atoms with E-state index in [4.69, 9.17) is 5.11 Å². The number of aromatic nitrogens is 2. The molecule has 3 amide bonds. The molecule has 0 saturated carbocycles. The monoisotopic (exact) mass is 387 g/mol. The first-order valence-electron chi connectivity index (χ1n) is 9.40. The minimum Gasteiger partial charge on any atom is -0.480 e. The van der Waals surface area contributed by atoms with Gasteiger partial charge in [-0.05, 0) is 25.0 Å². The van der Waals surface area contributed by atoms with E-state index in [1.165, 1.54) is 11.8 Å². The van der Waals surface area contributed by atoms with E-state index in [-0.39, 0.29) is 5.92 Å². The molecule has 0 radical (unpaired) electrons. The third kappa shape index (κ3) is 3.64.